The van der Waals surface area contributed by atoms with Gasteiger partial charge in [0, 0.05) is 11.8 Å². The summed E-state index contributed by atoms with van der Waals surface area (Å²) in [6.07, 6.45) is 5.05. The van der Waals surface area contributed by atoms with Crippen LogP contribution in [0, 0.1) is 28.6 Å². The lowest BCUT2D eigenvalue weighted by Gasteiger charge is -2.60. The number of allylic oxidation sites excluding steroid dienone is 1. The molecule has 0 spiro atoms. The van der Waals surface area contributed by atoms with Gasteiger partial charge in [0.15, 0.2) is 23.0 Å². The van der Waals surface area contributed by atoms with E-state index in [9.17, 15) is 19.8 Å². The normalized spacial score (nSPS) is 51.5. The first-order valence-electron chi connectivity index (χ1n) is 11.4. The number of aliphatic hydroxyl groups is 2. The maximum absolute atomic E-state index is 13.2. The van der Waals surface area contributed by atoms with Gasteiger partial charge in [0.1, 0.15) is 6.61 Å². The van der Waals surface area contributed by atoms with Crippen molar-refractivity contribution < 1.29 is 29.3 Å². The third-order valence-corrected chi connectivity index (χ3v) is 9.45. The zero-order chi connectivity index (χ0) is 21.7. The van der Waals surface area contributed by atoms with E-state index in [1.54, 1.807) is 0 Å². The second kappa shape index (κ2) is 6.25. The minimum absolute atomic E-state index is 0.0665. The van der Waals surface area contributed by atoms with Gasteiger partial charge in [0.05, 0.1) is 12.2 Å². The molecular weight excluding hydrogens is 384 g/mol. The molecule has 30 heavy (non-hydrogen) atoms. The molecule has 0 aromatic heterocycles. The zero-order valence-electron chi connectivity index (χ0n) is 18.4. The van der Waals surface area contributed by atoms with Crippen LogP contribution in [0.2, 0.25) is 0 Å². The highest BCUT2D eigenvalue weighted by molar-refractivity contribution is 5.92. The topological polar surface area (TPSA) is 93.1 Å². The Hall–Kier alpha value is -1.08. The fourth-order valence-corrected chi connectivity index (χ4v) is 8.40. The number of hydrogen-bond donors (Lipinski definition) is 2. The van der Waals surface area contributed by atoms with Crippen LogP contribution < -0.4 is 0 Å². The fraction of sp³-hybridized carbons (Fsp3) is 0.833. The maximum atomic E-state index is 13.2. The number of carbonyl (C=O) groups excluding carboxylic acids is 2. The van der Waals surface area contributed by atoms with Crippen molar-refractivity contribution in [3.63, 3.8) is 0 Å². The summed E-state index contributed by atoms with van der Waals surface area (Å²) in [6.45, 7) is 7.32. The molecule has 6 heteroatoms. The van der Waals surface area contributed by atoms with E-state index in [2.05, 4.69) is 13.8 Å². The molecule has 166 valence electrons. The molecular formula is C24H34O6. The fourth-order valence-electron chi connectivity index (χ4n) is 8.40. The standard InChI is InChI=1S/C24H34O6/c1-21(2)29-19-10-16-15-6-5-13-9-14(26)7-8-22(13,3)20(15)17(27)11-23(16,4)24(19,30-21)18(28)12-25/h9,15-17,19-20,25,27H,5-8,10-12H2,1-4H3/t15-,16-,17-,19+,20+,22-,23-,24+/m0/s1. The lowest BCUT2D eigenvalue weighted by atomic mass is 9.45. The summed E-state index contributed by atoms with van der Waals surface area (Å²) in [7, 11) is 0. The third kappa shape index (κ3) is 2.39. The highest BCUT2D eigenvalue weighted by Crippen LogP contribution is 2.70. The predicted octanol–water partition coefficient (Wildman–Crippen LogP) is 2.55. The first kappa shape index (κ1) is 20.8. The van der Waals surface area contributed by atoms with E-state index in [1.165, 1.54) is 5.57 Å². The third-order valence-electron chi connectivity index (χ3n) is 9.45. The Morgan fingerprint density at radius 3 is 2.67 bits per heavy atom. The molecule has 2 N–H and O–H groups in total. The van der Waals surface area contributed by atoms with Crippen LogP contribution in [-0.2, 0) is 19.1 Å². The van der Waals surface area contributed by atoms with Crippen LogP contribution in [0.1, 0.15) is 66.2 Å². The summed E-state index contributed by atoms with van der Waals surface area (Å²) >= 11 is 0. The van der Waals surface area contributed by atoms with Crippen LogP contribution in [0.15, 0.2) is 11.6 Å². The number of carbonyl (C=O) groups is 2. The Labute approximate surface area is 178 Å². The van der Waals surface area contributed by atoms with Crippen molar-refractivity contribution in [1.82, 2.24) is 0 Å². The van der Waals surface area contributed by atoms with Gasteiger partial charge in [-0.2, -0.15) is 0 Å². The molecule has 3 saturated carbocycles. The largest absolute Gasteiger partial charge is 0.393 e. The van der Waals surface area contributed by atoms with Crippen molar-refractivity contribution in [2.45, 2.75) is 89.8 Å². The number of ether oxygens (including phenoxy) is 2. The van der Waals surface area contributed by atoms with Gasteiger partial charge >= 0.3 is 0 Å². The summed E-state index contributed by atoms with van der Waals surface area (Å²) in [5, 5.41) is 21.4. The molecule has 0 aromatic carbocycles. The molecule has 0 bridgehead atoms. The SMILES string of the molecule is CC1(C)O[C@@H]2C[C@H]3[C@@H]4CCC5=CC(=O)CC[C@]5(C)[C@H]4[C@@H](O)C[C@]3(C)[C@]2(C(=O)CO)O1. The minimum Gasteiger partial charge on any atom is -0.393 e. The lowest BCUT2D eigenvalue weighted by molar-refractivity contribution is -0.227. The van der Waals surface area contributed by atoms with E-state index in [1.807, 2.05) is 19.9 Å². The Morgan fingerprint density at radius 2 is 1.97 bits per heavy atom. The van der Waals surface area contributed by atoms with Gasteiger partial charge in [-0.15, -0.1) is 0 Å². The molecule has 1 heterocycles. The summed E-state index contributed by atoms with van der Waals surface area (Å²) in [4.78, 5) is 25.2. The predicted molar refractivity (Wildman–Crippen MR) is 108 cm³/mol. The van der Waals surface area contributed by atoms with Gasteiger partial charge in [0.2, 0.25) is 0 Å². The van der Waals surface area contributed by atoms with E-state index in [-0.39, 0.29) is 34.7 Å². The molecule has 1 aliphatic heterocycles. The highest BCUT2D eigenvalue weighted by atomic mass is 16.8. The molecule has 0 radical (unpaired) electrons. The van der Waals surface area contributed by atoms with E-state index in [0.29, 0.717) is 19.3 Å². The summed E-state index contributed by atoms with van der Waals surface area (Å²) in [5.74, 6) is -0.569. The van der Waals surface area contributed by atoms with E-state index in [0.717, 1.165) is 19.3 Å². The quantitative estimate of drug-likeness (QED) is 0.716. The van der Waals surface area contributed by atoms with Crippen LogP contribution in [0.4, 0.5) is 0 Å². The molecule has 8 atom stereocenters. The smallest absolute Gasteiger partial charge is 0.193 e. The van der Waals surface area contributed by atoms with Crippen molar-refractivity contribution in [3.05, 3.63) is 11.6 Å². The molecule has 0 amide bonds. The average Bonchev–Trinajstić information content (AvgIpc) is 3.07. The molecule has 6 nitrogen and oxygen atoms in total. The van der Waals surface area contributed by atoms with Crippen LogP contribution in [0.3, 0.4) is 0 Å². The van der Waals surface area contributed by atoms with Crippen LogP contribution >= 0.6 is 0 Å². The summed E-state index contributed by atoms with van der Waals surface area (Å²) in [5.41, 5.74) is -0.810. The van der Waals surface area contributed by atoms with Gasteiger partial charge in [-0.25, -0.2) is 0 Å². The second-order valence-corrected chi connectivity index (χ2v) is 11.2. The van der Waals surface area contributed by atoms with E-state index in [4.69, 9.17) is 9.47 Å². The van der Waals surface area contributed by atoms with Crippen molar-refractivity contribution in [2.75, 3.05) is 6.61 Å². The number of fused-ring (bicyclic) bond motifs is 7. The average molecular weight is 419 g/mol. The van der Waals surface area contributed by atoms with Crippen molar-refractivity contribution >= 4 is 11.6 Å². The van der Waals surface area contributed by atoms with Crippen molar-refractivity contribution in [2.24, 2.45) is 28.6 Å². The molecule has 5 rings (SSSR count). The van der Waals surface area contributed by atoms with E-state index < -0.39 is 35.6 Å². The number of ketones is 2. The monoisotopic (exact) mass is 418 g/mol. The zero-order valence-corrected chi connectivity index (χ0v) is 18.4. The maximum Gasteiger partial charge on any atom is 0.193 e. The first-order chi connectivity index (χ1) is 14.0. The van der Waals surface area contributed by atoms with Crippen molar-refractivity contribution in [3.8, 4) is 0 Å². The van der Waals surface area contributed by atoms with Crippen molar-refractivity contribution in [1.29, 1.82) is 0 Å². The molecule has 4 aliphatic carbocycles. The molecule has 0 unspecified atom stereocenters. The summed E-state index contributed by atoms with van der Waals surface area (Å²) in [6, 6.07) is 0. The first-order valence-corrected chi connectivity index (χ1v) is 11.4. The lowest BCUT2D eigenvalue weighted by Crippen LogP contribution is -2.64. The Kier molecular flexibility index (Phi) is 4.33. The molecule has 1 saturated heterocycles. The van der Waals surface area contributed by atoms with E-state index >= 15 is 0 Å². The number of hydrogen-bond acceptors (Lipinski definition) is 6. The van der Waals surface area contributed by atoms with Crippen LogP contribution in [0.5, 0.6) is 0 Å². The van der Waals surface area contributed by atoms with Gasteiger partial charge < -0.3 is 19.7 Å². The van der Waals surface area contributed by atoms with Gasteiger partial charge in [-0.3, -0.25) is 9.59 Å². The number of aliphatic hydroxyl groups excluding tert-OH is 2. The molecule has 5 aliphatic rings. The van der Waals surface area contributed by atoms with Gasteiger partial charge in [-0.1, -0.05) is 19.4 Å². The Bertz CT molecular complexity index is 832. The molecule has 4 fully saturated rings. The minimum atomic E-state index is -1.22. The van der Waals surface area contributed by atoms with Gasteiger partial charge in [-0.05, 0) is 75.2 Å². The second-order valence-electron chi connectivity index (χ2n) is 11.2. The summed E-state index contributed by atoms with van der Waals surface area (Å²) < 4.78 is 12.6. The highest BCUT2D eigenvalue weighted by Gasteiger charge is 2.76. The molecule has 0 aromatic rings. The Morgan fingerprint density at radius 1 is 1.23 bits per heavy atom. The van der Waals surface area contributed by atoms with Gasteiger partial charge in [0.25, 0.3) is 0 Å². The number of rotatable bonds is 2. The Balaban J connectivity index is 1.58. The van der Waals surface area contributed by atoms with Crippen LogP contribution in [0.25, 0.3) is 0 Å². The van der Waals surface area contributed by atoms with Crippen LogP contribution in [-0.4, -0.2) is 52.0 Å². The number of Topliss-reactive ketones (excluding diaryl/α,β-unsaturated/α-hetero) is 1.